The van der Waals surface area contributed by atoms with Crippen molar-refractivity contribution in [2.75, 3.05) is 6.61 Å². The van der Waals surface area contributed by atoms with E-state index in [4.69, 9.17) is 10.2 Å². The van der Waals surface area contributed by atoms with Crippen LogP contribution in [0.15, 0.2) is 0 Å². The zero-order valence-corrected chi connectivity index (χ0v) is 7.55. The van der Waals surface area contributed by atoms with Crippen LogP contribution in [0.25, 0.3) is 0 Å². The van der Waals surface area contributed by atoms with Crippen molar-refractivity contribution in [3.05, 3.63) is 0 Å². The van der Waals surface area contributed by atoms with Gasteiger partial charge in [-0.25, -0.2) is 5.14 Å². The molecule has 1 aliphatic carbocycles. The third-order valence-electron chi connectivity index (χ3n) is 2.21. The lowest BCUT2D eigenvalue weighted by atomic mass is 10.1. The first kappa shape index (κ1) is 9.91. The molecule has 2 unspecified atom stereocenters. The van der Waals surface area contributed by atoms with Gasteiger partial charge in [0.15, 0.2) is 0 Å². The molecule has 0 saturated heterocycles. The van der Waals surface area contributed by atoms with Crippen molar-refractivity contribution < 1.29 is 13.5 Å². The van der Waals surface area contributed by atoms with Crippen molar-refractivity contribution in [3.63, 3.8) is 0 Å². The predicted octanol–water partition coefficient (Wildman–Crippen LogP) is -1.06. The molecule has 1 aliphatic rings. The molecule has 0 amide bonds. The quantitative estimate of drug-likeness (QED) is 0.534. The Kier molecular flexibility index (Phi) is 3.05. The first-order valence-electron chi connectivity index (χ1n) is 3.94. The van der Waals surface area contributed by atoms with E-state index in [2.05, 4.69) is 4.72 Å². The topological polar surface area (TPSA) is 92.4 Å². The van der Waals surface area contributed by atoms with Crippen molar-refractivity contribution in [2.45, 2.75) is 25.3 Å². The minimum Gasteiger partial charge on any atom is -0.396 e. The Balaban J connectivity index is 2.52. The SMILES string of the molecule is NS(=O)(=O)NC1CCCC1CO. The molecule has 0 heterocycles. The lowest BCUT2D eigenvalue weighted by Crippen LogP contribution is -2.42. The van der Waals surface area contributed by atoms with E-state index in [1.807, 2.05) is 0 Å². The molecule has 0 aromatic rings. The van der Waals surface area contributed by atoms with Crippen LogP contribution < -0.4 is 9.86 Å². The van der Waals surface area contributed by atoms with Gasteiger partial charge in [0.1, 0.15) is 0 Å². The minimum absolute atomic E-state index is 0.0210. The molecule has 0 aromatic carbocycles. The summed E-state index contributed by atoms with van der Waals surface area (Å²) in [7, 11) is -3.61. The maximum atomic E-state index is 10.6. The summed E-state index contributed by atoms with van der Waals surface area (Å²) in [5, 5.41) is 13.7. The summed E-state index contributed by atoms with van der Waals surface area (Å²) in [6, 6.07) is -0.176. The molecule has 0 radical (unpaired) electrons. The average molecular weight is 194 g/mol. The fraction of sp³-hybridized carbons (Fsp3) is 1.00. The molecule has 4 N–H and O–H groups in total. The van der Waals surface area contributed by atoms with E-state index in [-0.39, 0.29) is 18.6 Å². The summed E-state index contributed by atoms with van der Waals surface area (Å²) < 4.78 is 23.6. The average Bonchev–Trinajstić information content (AvgIpc) is 2.31. The standard InChI is InChI=1S/C6H14N2O3S/c7-12(10,11)8-6-3-1-2-5(6)4-9/h5-6,8-9H,1-4H2,(H2,7,10,11). The van der Waals surface area contributed by atoms with Gasteiger partial charge in [0.2, 0.25) is 0 Å². The Morgan fingerprint density at radius 1 is 1.50 bits per heavy atom. The van der Waals surface area contributed by atoms with Crippen molar-refractivity contribution >= 4 is 10.2 Å². The number of nitrogens with one attached hydrogen (secondary N) is 1. The van der Waals surface area contributed by atoms with Crippen LogP contribution >= 0.6 is 0 Å². The van der Waals surface area contributed by atoms with Gasteiger partial charge in [0.05, 0.1) is 0 Å². The van der Waals surface area contributed by atoms with Gasteiger partial charge in [-0.2, -0.15) is 13.1 Å². The van der Waals surface area contributed by atoms with Crippen molar-refractivity contribution in [1.82, 2.24) is 4.72 Å². The predicted molar refractivity (Wildman–Crippen MR) is 44.5 cm³/mol. The summed E-state index contributed by atoms with van der Waals surface area (Å²) in [4.78, 5) is 0. The molecule has 0 aliphatic heterocycles. The molecule has 12 heavy (non-hydrogen) atoms. The Morgan fingerprint density at radius 3 is 2.67 bits per heavy atom. The van der Waals surface area contributed by atoms with E-state index in [1.165, 1.54) is 0 Å². The summed E-state index contributed by atoms with van der Waals surface area (Å²) in [5.74, 6) is 0.0309. The molecule has 0 aromatic heterocycles. The molecular formula is C6H14N2O3S. The van der Waals surface area contributed by atoms with Crippen molar-refractivity contribution in [3.8, 4) is 0 Å². The zero-order chi connectivity index (χ0) is 9.19. The van der Waals surface area contributed by atoms with Crippen LogP contribution in [0.2, 0.25) is 0 Å². The van der Waals surface area contributed by atoms with E-state index in [0.717, 1.165) is 19.3 Å². The molecule has 5 nitrogen and oxygen atoms in total. The molecule has 0 spiro atoms. The van der Waals surface area contributed by atoms with E-state index < -0.39 is 10.2 Å². The van der Waals surface area contributed by atoms with Gasteiger partial charge in [0.25, 0.3) is 10.2 Å². The molecular weight excluding hydrogens is 180 g/mol. The molecule has 72 valence electrons. The monoisotopic (exact) mass is 194 g/mol. The first-order valence-corrected chi connectivity index (χ1v) is 5.48. The summed E-state index contributed by atoms with van der Waals surface area (Å²) in [5.41, 5.74) is 0. The number of nitrogens with two attached hydrogens (primary N) is 1. The first-order chi connectivity index (χ1) is 5.53. The maximum absolute atomic E-state index is 10.6. The van der Waals surface area contributed by atoms with Gasteiger partial charge >= 0.3 is 0 Å². The van der Waals surface area contributed by atoms with E-state index in [0.29, 0.717) is 0 Å². The highest BCUT2D eigenvalue weighted by atomic mass is 32.2. The Labute approximate surface area is 72.1 Å². The highest BCUT2D eigenvalue weighted by molar-refractivity contribution is 7.87. The van der Waals surface area contributed by atoms with Gasteiger partial charge in [-0.3, -0.25) is 0 Å². The second kappa shape index (κ2) is 3.69. The van der Waals surface area contributed by atoms with Crippen molar-refractivity contribution in [2.24, 2.45) is 11.1 Å². The maximum Gasteiger partial charge on any atom is 0.274 e. The van der Waals surface area contributed by atoms with Gasteiger partial charge in [-0.15, -0.1) is 0 Å². The highest BCUT2D eigenvalue weighted by Gasteiger charge is 2.28. The third kappa shape index (κ3) is 2.71. The van der Waals surface area contributed by atoms with Gasteiger partial charge in [-0.05, 0) is 18.8 Å². The van der Waals surface area contributed by atoms with Crippen LogP contribution in [0.1, 0.15) is 19.3 Å². The Bertz CT molecular complexity index is 239. The Morgan fingerprint density at radius 2 is 2.17 bits per heavy atom. The van der Waals surface area contributed by atoms with Gasteiger partial charge in [-0.1, -0.05) is 6.42 Å². The van der Waals surface area contributed by atoms with Crippen LogP contribution in [0.3, 0.4) is 0 Å². The van der Waals surface area contributed by atoms with Crippen LogP contribution in [0, 0.1) is 5.92 Å². The second-order valence-electron chi connectivity index (χ2n) is 3.14. The molecule has 1 saturated carbocycles. The lowest BCUT2D eigenvalue weighted by Gasteiger charge is -2.16. The van der Waals surface area contributed by atoms with E-state index in [1.54, 1.807) is 0 Å². The second-order valence-corrected chi connectivity index (χ2v) is 4.47. The summed E-state index contributed by atoms with van der Waals surface area (Å²) in [6.45, 7) is 0.0210. The summed E-state index contributed by atoms with van der Waals surface area (Å²) >= 11 is 0. The molecule has 1 fully saturated rings. The highest BCUT2D eigenvalue weighted by Crippen LogP contribution is 2.25. The van der Waals surface area contributed by atoms with Crippen molar-refractivity contribution in [1.29, 1.82) is 0 Å². The number of aliphatic hydroxyl groups is 1. The van der Waals surface area contributed by atoms with Crippen LogP contribution in [-0.4, -0.2) is 26.2 Å². The largest absolute Gasteiger partial charge is 0.396 e. The fourth-order valence-corrected chi connectivity index (χ4v) is 2.35. The molecule has 0 bridgehead atoms. The number of aliphatic hydroxyl groups excluding tert-OH is 1. The van der Waals surface area contributed by atoms with Crippen LogP contribution in [0.5, 0.6) is 0 Å². The fourth-order valence-electron chi connectivity index (χ4n) is 1.62. The normalized spacial score (nSPS) is 30.8. The van der Waals surface area contributed by atoms with E-state index >= 15 is 0 Å². The lowest BCUT2D eigenvalue weighted by molar-refractivity contribution is 0.213. The van der Waals surface area contributed by atoms with Gasteiger partial charge < -0.3 is 5.11 Å². The smallest absolute Gasteiger partial charge is 0.274 e. The molecule has 6 heteroatoms. The number of hydrogen-bond donors (Lipinski definition) is 3. The zero-order valence-electron chi connectivity index (χ0n) is 6.73. The molecule has 2 atom stereocenters. The minimum atomic E-state index is -3.61. The third-order valence-corrected chi connectivity index (χ3v) is 2.84. The van der Waals surface area contributed by atoms with Crippen LogP contribution in [0.4, 0.5) is 0 Å². The summed E-state index contributed by atoms with van der Waals surface area (Å²) in [6.07, 6.45) is 2.57. The van der Waals surface area contributed by atoms with E-state index in [9.17, 15) is 8.42 Å². The van der Waals surface area contributed by atoms with Crippen LogP contribution in [-0.2, 0) is 10.2 Å². The number of hydrogen-bond acceptors (Lipinski definition) is 3. The Hall–Kier alpha value is -0.170. The van der Waals surface area contributed by atoms with Gasteiger partial charge in [0, 0.05) is 12.6 Å². The number of rotatable bonds is 3. The molecule has 1 rings (SSSR count).